The molecule has 1 aliphatic heterocycles. The van der Waals surface area contributed by atoms with Gasteiger partial charge in [-0.15, -0.1) is 0 Å². The van der Waals surface area contributed by atoms with Crippen molar-refractivity contribution < 1.29 is 32.8 Å². The highest BCUT2D eigenvalue weighted by Gasteiger charge is 2.51. The average molecular weight is 549 g/mol. The smallest absolute Gasteiger partial charge is 0.303 e. The topological polar surface area (TPSA) is 72.5 Å². The predicted octanol–water partition coefficient (Wildman–Crippen LogP) is 5.63. The Morgan fingerprint density at radius 1 is 0.769 bits per heavy atom. The van der Waals surface area contributed by atoms with Gasteiger partial charge in [0.25, 0.3) is 0 Å². The minimum absolute atomic E-state index is 0. The van der Waals surface area contributed by atoms with Crippen LogP contribution in [0.15, 0.2) is 91.0 Å². The number of carbonyl (C=O) groups excluding carboxylic acids is 1. The molecule has 3 aromatic carbocycles. The van der Waals surface area contributed by atoms with Crippen LogP contribution < -0.4 is 0 Å². The molecule has 3 aromatic rings. The molecule has 0 spiro atoms. The molecule has 0 amide bonds. The summed E-state index contributed by atoms with van der Waals surface area (Å²) in [6, 6.07) is 29.7. The normalized spacial score (nSPS) is 22.6. The summed E-state index contributed by atoms with van der Waals surface area (Å²) in [7, 11) is -1.62. The number of hydrogen-bond donors (Lipinski definition) is 0. The van der Waals surface area contributed by atoms with E-state index in [4.69, 9.17) is 28.0 Å². The standard InChI is InChI=1S/C30H35O7P.B/c1-3-35-38-30(36-23(2)31)29(34-21-26-17-11-6-12-18-26)28(33-20-25-15-9-5-10-16-25)27(37-38)22-32-19-24-13-7-4-8-14-24;/h4-18,27-30H,3,19-22H2,1-2H3;/t27-,28-,29+,30+,38+;/m1./s1. The van der Waals surface area contributed by atoms with Crippen molar-refractivity contribution in [3.8, 4) is 0 Å². The molecule has 1 saturated heterocycles. The van der Waals surface area contributed by atoms with Crippen LogP contribution in [0.2, 0.25) is 0 Å². The van der Waals surface area contributed by atoms with E-state index in [2.05, 4.69) is 0 Å². The molecular formula is C30H35BO7P. The van der Waals surface area contributed by atoms with E-state index in [0.717, 1.165) is 16.7 Å². The SMILES string of the molecule is CCO[P@@]1O[C@H](COCc2ccccc2)[C@@H](OCc2ccccc2)[C@H](OCc2ccccc2)[C@H]1OC(C)=O.[B]. The van der Waals surface area contributed by atoms with Crippen molar-refractivity contribution in [2.24, 2.45) is 0 Å². The van der Waals surface area contributed by atoms with Gasteiger partial charge in [0.05, 0.1) is 33.0 Å². The largest absolute Gasteiger partial charge is 0.450 e. The minimum Gasteiger partial charge on any atom is -0.450 e. The van der Waals surface area contributed by atoms with Gasteiger partial charge in [-0.05, 0) is 23.6 Å². The van der Waals surface area contributed by atoms with Crippen LogP contribution in [0.3, 0.4) is 0 Å². The average Bonchev–Trinajstić information content (AvgIpc) is 2.94. The van der Waals surface area contributed by atoms with E-state index in [9.17, 15) is 4.79 Å². The number of esters is 1. The van der Waals surface area contributed by atoms with E-state index in [1.54, 1.807) is 0 Å². The lowest BCUT2D eigenvalue weighted by Crippen LogP contribution is -2.54. The Morgan fingerprint density at radius 2 is 1.26 bits per heavy atom. The fourth-order valence-corrected chi connectivity index (χ4v) is 5.92. The number of carbonyl (C=O) groups is 1. The first-order chi connectivity index (χ1) is 18.6. The molecule has 0 bridgehead atoms. The van der Waals surface area contributed by atoms with Crippen LogP contribution in [0.4, 0.5) is 0 Å². The molecule has 7 nitrogen and oxygen atoms in total. The Bertz CT molecular complexity index is 1090. The van der Waals surface area contributed by atoms with E-state index in [1.165, 1.54) is 6.92 Å². The first kappa shape index (κ1) is 31.0. The summed E-state index contributed by atoms with van der Waals surface area (Å²) >= 11 is 0. The summed E-state index contributed by atoms with van der Waals surface area (Å²) in [4.78, 5) is 12.1. The Hall–Kier alpha value is -2.58. The molecule has 4 rings (SSSR count). The summed E-state index contributed by atoms with van der Waals surface area (Å²) in [5, 5.41) is 0. The van der Waals surface area contributed by atoms with E-state index in [0.29, 0.717) is 26.4 Å². The van der Waals surface area contributed by atoms with Crippen LogP contribution in [0.25, 0.3) is 0 Å². The van der Waals surface area contributed by atoms with E-state index in [1.807, 2.05) is 97.9 Å². The second kappa shape index (κ2) is 16.5. The first-order valence-electron chi connectivity index (χ1n) is 12.8. The molecule has 5 atom stereocenters. The van der Waals surface area contributed by atoms with E-state index < -0.39 is 38.5 Å². The third-order valence-corrected chi connectivity index (χ3v) is 7.73. The van der Waals surface area contributed by atoms with Gasteiger partial charge in [0.15, 0.2) is 5.85 Å². The van der Waals surface area contributed by atoms with Crippen LogP contribution in [0.5, 0.6) is 0 Å². The molecule has 205 valence electrons. The molecule has 1 aliphatic rings. The van der Waals surface area contributed by atoms with Crippen molar-refractivity contribution in [3.63, 3.8) is 0 Å². The Morgan fingerprint density at radius 3 is 1.74 bits per heavy atom. The van der Waals surface area contributed by atoms with Crippen LogP contribution in [0, 0.1) is 0 Å². The molecule has 3 radical (unpaired) electrons. The quantitative estimate of drug-likeness (QED) is 0.156. The maximum Gasteiger partial charge on any atom is 0.303 e. The first-order valence-corrected chi connectivity index (χ1v) is 14.1. The van der Waals surface area contributed by atoms with Crippen LogP contribution in [-0.4, -0.2) is 51.8 Å². The highest BCUT2D eigenvalue weighted by molar-refractivity contribution is 7.48. The molecular weight excluding hydrogens is 514 g/mol. The maximum absolute atomic E-state index is 12.1. The molecule has 0 N–H and O–H groups in total. The predicted molar refractivity (Wildman–Crippen MR) is 151 cm³/mol. The van der Waals surface area contributed by atoms with Crippen molar-refractivity contribution in [1.82, 2.24) is 0 Å². The second-order valence-electron chi connectivity index (χ2n) is 8.87. The van der Waals surface area contributed by atoms with Gasteiger partial charge in [0.2, 0.25) is 8.38 Å². The summed E-state index contributed by atoms with van der Waals surface area (Å²) in [6.07, 6.45) is -1.69. The summed E-state index contributed by atoms with van der Waals surface area (Å²) < 4.78 is 37.1. The van der Waals surface area contributed by atoms with Crippen molar-refractivity contribution in [2.45, 2.75) is 57.8 Å². The molecule has 0 unspecified atom stereocenters. The summed E-state index contributed by atoms with van der Waals surface area (Å²) in [6.45, 7) is 5.02. The second-order valence-corrected chi connectivity index (χ2v) is 10.4. The number of hydrogen-bond acceptors (Lipinski definition) is 7. The van der Waals surface area contributed by atoms with Gasteiger partial charge in [-0.1, -0.05) is 91.0 Å². The summed E-state index contributed by atoms with van der Waals surface area (Å²) in [5.41, 5.74) is 3.08. The van der Waals surface area contributed by atoms with Gasteiger partial charge >= 0.3 is 5.97 Å². The van der Waals surface area contributed by atoms with E-state index in [-0.39, 0.29) is 15.0 Å². The Balaban J connectivity index is 0.00000420. The van der Waals surface area contributed by atoms with E-state index >= 15 is 0 Å². The van der Waals surface area contributed by atoms with Crippen molar-refractivity contribution in [2.75, 3.05) is 13.2 Å². The molecule has 0 aromatic heterocycles. The zero-order valence-corrected chi connectivity index (χ0v) is 23.3. The fraction of sp³-hybridized carbons (Fsp3) is 0.367. The minimum atomic E-state index is -1.62. The number of ether oxygens (including phenoxy) is 4. The van der Waals surface area contributed by atoms with Gasteiger partial charge in [0.1, 0.15) is 18.3 Å². The maximum atomic E-state index is 12.1. The Kier molecular flexibility index (Phi) is 13.1. The van der Waals surface area contributed by atoms with Gasteiger partial charge in [-0.3, -0.25) is 4.79 Å². The lowest BCUT2D eigenvalue weighted by Gasteiger charge is -2.44. The molecule has 39 heavy (non-hydrogen) atoms. The van der Waals surface area contributed by atoms with Gasteiger partial charge in [-0.25, -0.2) is 0 Å². The molecule has 9 heteroatoms. The molecule has 1 fully saturated rings. The monoisotopic (exact) mass is 549 g/mol. The number of benzene rings is 3. The lowest BCUT2D eigenvalue weighted by atomic mass is 10.1. The van der Waals surface area contributed by atoms with Crippen molar-refractivity contribution >= 4 is 22.8 Å². The van der Waals surface area contributed by atoms with Crippen LogP contribution in [0.1, 0.15) is 30.5 Å². The number of rotatable bonds is 13. The summed E-state index contributed by atoms with van der Waals surface area (Å²) in [5.74, 6) is -1.18. The van der Waals surface area contributed by atoms with Crippen LogP contribution >= 0.6 is 8.38 Å². The fourth-order valence-electron chi connectivity index (χ4n) is 4.16. The van der Waals surface area contributed by atoms with Crippen molar-refractivity contribution in [1.29, 1.82) is 0 Å². The third kappa shape index (κ3) is 9.54. The molecule has 1 heterocycles. The Labute approximate surface area is 234 Å². The van der Waals surface area contributed by atoms with Gasteiger partial charge < -0.3 is 28.0 Å². The van der Waals surface area contributed by atoms with Crippen LogP contribution in [-0.2, 0) is 52.6 Å². The highest BCUT2D eigenvalue weighted by atomic mass is 31.2. The lowest BCUT2D eigenvalue weighted by molar-refractivity contribution is -0.189. The third-order valence-electron chi connectivity index (χ3n) is 5.93. The zero-order chi connectivity index (χ0) is 26.6. The van der Waals surface area contributed by atoms with Gasteiger partial charge in [-0.2, -0.15) is 0 Å². The molecule has 0 saturated carbocycles. The van der Waals surface area contributed by atoms with Crippen molar-refractivity contribution in [3.05, 3.63) is 108 Å². The van der Waals surface area contributed by atoms with Gasteiger partial charge in [0, 0.05) is 15.3 Å². The highest BCUT2D eigenvalue weighted by Crippen LogP contribution is 2.53. The molecule has 0 aliphatic carbocycles. The zero-order valence-electron chi connectivity index (χ0n) is 22.4.